The Balaban J connectivity index is 2.39. The molecule has 1 amide bonds. The Kier molecular flexibility index (Phi) is 3.76. The summed E-state index contributed by atoms with van der Waals surface area (Å²) in [6.07, 6.45) is 0. The van der Waals surface area contributed by atoms with Gasteiger partial charge in [0.1, 0.15) is 0 Å². The number of hydrogen-bond acceptors (Lipinski definition) is 2. The van der Waals surface area contributed by atoms with E-state index in [2.05, 4.69) is 0 Å². The topological polar surface area (TPSA) is 46.3 Å². The highest BCUT2D eigenvalue weighted by molar-refractivity contribution is 6.35. The summed E-state index contributed by atoms with van der Waals surface area (Å²) >= 11 is 6.06. The van der Waals surface area contributed by atoms with Crippen LogP contribution in [0.1, 0.15) is 15.9 Å². The molecule has 0 atom stereocenters. The predicted octanol–water partition coefficient (Wildman–Crippen LogP) is 3.51. The molecule has 98 valence electrons. The van der Waals surface area contributed by atoms with Crippen LogP contribution in [0.3, 0.4) is 0 Å². The van der Waals surface area contributed by atoms with Gasteiger partial charge in [-0.3, -0.25) is 4.79 Å². The van der Waals surface area contributed by atoms with E-state index in [0.29, 0.717) is 16.3 Å². The van der Waals surface area contributed by atoms with E-state index in [4.69, 9.17) is 17.3 Å². The third-order valence-electron chi connectivity index (χ3n) is 2.95. The van der Waals surface area contributed by atoms with Gasteiger partial charge in [-0.15, -0.1) is 0 Å². The normalized spacial score (nSPS) is 10.3. The van der Waals surface area contributed by atoms with Crippen molar-refractivity contribution in [2.75, 3.05) is 17.7 Å². The standard InChI is InChI=1S/C15H15ClN2O/c1-10-5-3-6-11(9-10)18(2)15(19)14-12(16)7-4-8-13(14)17/h3-9H,17H2,1-2H3. The van der Waals surface area contributed by atoms with Gasteiger partial charge in [-0.1, -0.05) is 29.8 Å². The number of rotatable bonds is 2. The van der Waals surface area contributed by atoms with Gasteiger partial charge >= 0.3 is 0 Å². The molecule has 0 aromatic heterocycles. The molecule has 3 nitrogen and oxygen atoms in total. The second-order valence-electron chi connectivity index (χ2n) is 4.41. The average molecular weight is 275 g/mol. The third kappa shape index (κ3) is 2.71. The number of nitrogens with zero attached hydrogens (tertiary/aromatic N) is 1. The summed E-state index contributed by atoms with van der Waals surface area (Å²) < 4.78 is 0. The van der Waals surface area contributed by atoms with Gasteiger partial charge < -0.3 is 10.6 Å². The van der Waals surface area contributed by atoms with E-state index in [1.54, 1.807) is 30.1 Å². The Morgan fingerprint density at radius 3 is 2.53 bits per heavy atom. The van der Waals surface area contributed by atoms with Gasteiger partial charge in [-0.25, -0.2) is 0 Å². The minimum absolute atomic E-state index is 0.214. The van der Waals surface area contributed by atoms with Crippen LogP contribution in [0.4, 0.5) is 11.4 Å². The van der Waals surface area contributed by atoms with E-state index >= 15 is 0 Å². The number of carbonyl (C=O) groups excluding carboxylic acids is 1. The molecule has 0 aliphatic heterocycles. The summed E-state index contributed by atoms with van der Waals surface area (Å²) in [4.78, 5) is 14.0. The lowest BCUT2D eigenvalue weighted by atomic mass is 10.1. The quantitative estimate of drug-likeness (QED) is 0.852. The zero-order valence-corrected chi connectivity index (χ0v) is 11.6. The largest absolute Gasteiger partial charge is 0.398 e. The van der Waals surface area contributed by atoms with Crippen LogP contribution < -0.4 is 10.6 Å². The Morgan fingerprint density at radius 1 is 1.21 bits per heavy atom. The molecule has 2 rings (SSSR count). The number of aryl methyl sites for hydroxylation is 1. The van der Waals surface area contributed by atoms with E-state index in [-0.39, 0.29) is 5.91 Å². The number of benzene rings is 2. The van der Waals surface area contributed by atoms with Crippen LogP contribution in [0.2, 0.25) is 5.02 Å². The van der Waals surface area contributed by atoms with E-state index in [1.807, 2.05) is 31.2 Å². The molecule has 0 aliphatic rings. The van der Waals surface area contributed by atoms with Crippen LogP contribution in [0, 0.1) is 6.92 Å². The first kappa shape index (κ1) is 13.4. The molecule has 2 aromatic carbocycles. The summed E-state index contributed by atoms with van der Waals surface area (Å²) in [5, 5.41) is 0.365. The average Bonchev–Trinajstić information content (AvgIpc) is 2.37. The molecule has 0 aliphatic carbocycles. The van der Waals surface area contributed by atoms with E-state index in [1.165, 1.54) is 0 Å². The maximum atomic E-state index is 12.5. The third-order valence-corrected chi connectivity index (χ3v) is 3.27. The Labute approximate surface area is 117 Å². The lowest BCUT2D eigenvalue weighted by molar-refractivity contribution is 0.0994. The summed E-state index contributed by atoms with van der Waals surface area (Å²) in [5.41, 5.74) is 8.46. The number of halogens is 1. The molecule has 19 heavy (non-hydrogen) atoms. The lowest BCUT2D eigenvalue weighted by Gasteiger charge is -2.19. The molecule has 2 N–H and O–H groups in total. The van der Waals surface area contributed by atoms with E-state index in [0.717, 1.165) is 11.3 Å². The molecule has 0 saturated carbocycles. The highest BCUT2D eigenvalue weighted by Crippen LogP contribution is 2.25. The van der Waals surface area contributed by atoms with E-state index in [9.17, 15) is 4.79 Å². The predicted molar refractivity (Wildman–Crippen MR) is 79.8 cm³/mol. The number of amides is 1. The summed E-state index contributed by atoms with van der Waals surface area (Å²) in [6.45, 7) is 1.98. The van der Waals surface area contributed by atoms with E-state index < -0.39 is 0 Å². The molecule has 0 bridgehead atoms. The smallest absolute Gasteiger partial charge is 0.261 e. The number of nitrogen functional groups attached to an aromatic ring is 1. The fourth-order valence-electron chi connectivity index (χ4n) is 1.89. The van der Waals surface area contributed by atoms with Crippen LogP contribution in [0.15, 0.2) is 42.5 Å². The van der Waals surface area contributed by atoms with Crippen molar-refractivity contribution in [3.63, 3.8) is 0 Å². The van der Waals surface area contributed by atoms with Crippen LogP contribution in [-0.2, 0) is 0 Å². The Morgan fingerprint density at radius 2 is 1.89 bits per heavy atom. The summed E-state index contributed by atoms with van der Waals surface area (Å²) in [6, 6.07) is 12.7. The van der Waals surface area contributed by atoms with Crippen LogP contribution in [0.5, 0.6) is 0 Å². The monoisotopic (exact) mass is 274 g/mol. The van der Waals surface area contributed by atoms with Crippen molar-refractivity contribution >= 4 is 28.9 Å². The number of nitrogens with two attached hydrogens (primary N) is 1. The molecule has 4 heteroatoms. The van der Waals surface area contributed by atoms with Gasteiger partial charge in [0.2, 0.25) is 0 Å². The van der Waals surface area contributed by atoms with Crippen LogP contribution in [-0.4, -0.2) is 13.0 Å². The fourth-order valence-corrected chi connectivity index (χ4v) is 2.15. The van der Waals surface area contributed by atoms with Gasteiger partial charge in [0.15, 0.2) is 0 Å². The second kappa shape index (κ2) is 5.33. The highest BCUT2D eigenvalue weighted by Gasteiger charge is 2.19. The van der Waals surface area contributed by atoms with Crippen LogP contribution >= 0.6 is 11.6 Å². The SMILES string of the molecule is Cc1cccc(N(C)C(=O)c2c(N)cccc2Cl)c1. The number of anilines is 2. The number of hydrogen-bond donors (Lipinski definition) is 1. The maximum Gasteiger partial charge on any atom is 0.261 e. The molecule has 2 aromatic rings. The van der Waals surface area contributed by atoms with Gasteiger partial charge in [0.25, 0.3) is 5.91 Å². The minimum atomic E-state index is -0.214. The molecular formula is C15H15ClN2O. The van der Waals surface area contributed by atoms with Crippen molar-refractivity contribution in [2.45, 2.75) is 6.92 Å². The molecule has 0 heterocycles. The zero-order chi connectivity index (χ0) is 14.0. The second-order valence-corrected chi connectivity index (χ2v) is 4.81. The lowest BCUT2D eigenvalue weighted by Crippen LogP contribution is -2.27. The Bertz CT molecular complexity index is 605. The first-order chi connectivity index (χ1) is 9.00. The Hall–Kier alpha value is -2.00. The van der Waals surface area contributed by atoms with Crippen LogP contribution in [0.25, 0.3) is 0 Å². The molecular weight excluding hydrogens is 260 g/mol. The molecule has 0 spiro atoms. The first-order valence-corrected chi connectivity index (χ1v) is 6.27. The molecule has 0 radical (unpaired) electrons. The van der Waals surface area contributed by atoms with Crippen molar-refractivity contribution in [3.05, 3.63) is 58.6 Å². The van der Waals surface area contributed by atoms with Gasteiger partial charge in [0, 0.05) is 18.4 Å². The van der Waals surface area contributed by atoms with Crippen molar-refractivity contribution in [1.29, 1.82) is 0 Å². The first-order valence-electron chi connectivity index (χ1n) is 5.89. The minimum Gasteiger partial charge on any atom is -0.398 e. The van der Waals surface area contributed by atoms with Gasteiger partial charge in [-0.05, 0) is 36.8 Å². The molecule has 0 saturated heterocycles. The number of carbonyl (C=O) groups is 1. The zero-order valence-electron chi connectivity index (χ0n) is 10.9. The molecule has 0 unspecified atom stereocenters. The maximum absolute atomic E-state index is 12.5. The fraction of sp³-hybridized carbons (Fsp3) is 0.133. The highest BCUT2D eigenvalue weighted by atomic mass is 35.5. The van der Waals surface area contributed by atoms with Crippen molar-refractivity contribution in [2.24, 2.45) is 0 Å². The summed E-state index contributed by atoms with van der Waals surface area (Å²) in [5.74, 6) is -0.214. The van der Waals surface area contributed by atoms with Gasteiger partial charge in [0.05, 0.1) is 10.6 Å². The van der Waals surface area contributed by atoms with Gasteiger partial charge in [-0.2, -0.15) is 0 Å². The van der Waals surface area contributed by atoms with Crippen molar-refractivity contribution < 1.29 is 4.79 Å². The summed E-state index contributed by atoms with van der Waals surface area (Å²) in [7, 11) is 1.71. The molecule has 0 fully saturated rings. The van der Waals surface area contributed by atoms with Crippen molar-refractivity contribution in [3.8, 4) is 0 Å². The van der Waals surface area contributed by atoms with Crippen molar-refractivity contribution in [1.82, 2.24) is 0 Å².